The average Bonchev–Trinajstić information content (AvgIpc) is 2.60. The van der Waals surface area contributed by atoms with E-state index in [0.717, 1.165) is 17.5 Å². The summed E-state index contributed by atoms with van der Waals surface area (Å²) in [4.78, 5) is 0. The molecule has 0 spiro atoms. The molecular weight excluding hydrogens is 206 g/mol. The molecule has 80 valence electrons. The summed E-state index contributed by atoms with van der Waals surface area (Å²) in [6.45, 7) is 5.59. The number of benzene rings is 1. The van der Waals surface area contributed by atoms with E-state index >= 15 is 0 Å². The summed E-state index contributed by atoms with van der Waals surface area (Å²) >= 11 is 5.95. The highest BCUT2D eigenvalue weighted by atomic mass is 35.5. The molecular formula is C13H16ClN. The Labute approximate surface area is 95.7 Å². The van der Waals surface area contributed by atoms with Crippen molar-refractivity contribution in [3.05, 3.63) is 35.5 Å². The van der Waals surface area contributed by atoms with Crippen molar-refractivity contribution in [2.45, 2.75) is 26.8 Å². The maximum Gasteiger partial charge on any atom is 0.0481 e. The number of rotatable bonds is 3. The summed E-state index contributed by atoms with van der Waals surface area (Å²) in [5.41, 5.74) is 1.28. The number of aromatic nitrogens is 1. The molecule has 1 heterocycles. The molecule has 2 heteroatoms. The first-order chi connectivity index (χ1) is 7.20. The molecule has 15 heavy (non-hydrogen) atoms. The van der Waals surface area contributed by atoms with Crippen LogP contribution in [0.25, 0.3) is 10.9 Å². The van der Waals surface area contributed by atoms with Crippen LogP contribution in [0.5, 0.6) is 0 Å². The van der Waals surface area contributed by atoms with E-state index in [9.17, 15) is 0 Å². The molecule has 0 aliphatic heterocycles. The molecule has 2 aromatic rings. The van der Waals surface area contributed by atoms with E-state index in [1.165, 1.54) is 17.3 Å². The highest BCUT2D eigenvalue weighted by Crippen LogP contribution is 2.21. The van der Waals surface area contributed by atoms with Gasteiger partial charge >= 0.3 is 0 Å². The number of halogens is 1. The average molecular weight is 222 g/mol. The maximum atomic E-state index is 5.95. The van der Waals surface area contributed by atoms with Crippen LogP contribution >= 0.6 is 11.6 Å². The topological polar surface area (TPSA) is 4.93 Å². The zero-order valence-corrected chi connectivity index (χ0v) is 9.96. The third-order valence-electron chi connectivity index (χ3n) is 2.94. The van der Waals surface area contributed by atoms with Gasteiger partial charge in [-0.3, -0.25) is 0 Å². The van der Waals surface area contributed by atoms with Gasteiger partial charge in [0, 0.05) is 28.7 Å². The SMILES string of the molecule is CCC(C)Cn1ccc2cc(Cl)ccc21. The Balaban J connectivity index is 2.36. The molecule has 0 aliphatic carbocycles. The molecule has 0 saturated carbocycles. The van der Waals surface area contributed by atoms with Crippen molar-refractivity contribution in [2.75, 3.05) is 0 Å². The summed E-state index contributed by atoms with van der Waals surface area (Å²) in [6.07, 6.45) is 3.36. The summed E-state index contributed by atoms with van der Waals surface area (Å²) in [5, 5.41) is 2.04. The van der Waals surface area contributed by atoms with Crippen molar-refractivity contribution in [1.29, 1.82) is 0 Å². The van der Waals surface area contributed by atoms with Gasteiger partial charge in [0.05, 0.1) is 0 Å². The Morgan fingerprint density at radius 3 is 2.87 bits per heavy atom. The van der Waals surface area contributed by atoms with Gasteiger partial charge in [-0.15, -0.1) is 0 Å². The van der Waals surface area contributed by atoms with Crippen molar-refractivity contribution in [1.82, 2.24) is 4.57 Å². The number of hydrogen-bond acceptors (Lipinski definition) is 0. The van der Waals surface area contributed by atoms with Crippen LogP contribution in [0.4, 0.5) is 0 Å². The molecule has 0 amide bonds. The van der Waals surface area contributed by atoms with Crippen molar-refractivity contribution < 1.29 is 0 Å². The van der Waals surface area contributed by atoms with Crippen LogP contribution in [0.1, 0.15) is 20.3 Å². The Bertz CT molecular complexity index is 459. The Kier molecular flexibility index (Phi) is 3.01. The van der Waals surface area contributed by atoms with Crippen LogP contribution in [0.2, 0.25) is 5.02 Å². The molecule has 1 atom stereocenters. The van der Waals surface area contributed by atoms with Gasteiger partial charge in [0.15, 0.2) is 0 Å². The summed E-state index contributed by atoms with van der Waals surface area (Å²) < 4.78 is 2.31. The zero-order chi connectivity index (χ0) is 10.8. The van der Waals surface area contributed by atoms with Crippen LogP contribution in [-0.4, -0.2) is 4.57 Å². The van der Waals surface area contributed by atoms with Gasteiger partial charge in [-0.1, -0.05) is 31.9 Å². The number of hydrogen-bond donors (Lipinski definition) is 0. The summed E-state index contributed by atoms with van der Waals surface area (Å²) in [7, 11) is 0. The first-order valence-corrected chi connectivity index (χ1v) is 5.83. The van der Waals surface area contributed by atoms with Gasteiger partial charge in [0.2, 0.25) is 0 Å². The van der Waals surface area contributed by atoms with Crippen LogP contribution in [0.15, 0.2) is 30.5 Å². The second-order valence-corrected chi connectivity index (χ2v) is 4.62. The summed E-state index contributed by atoms with van der Waals surface area (Å²) in [5.74, 6) is 0.719. The van der Waals surface area contributed by atoms with Gasteiger partial charge in [-0.2, -0.15) is 0 Å². The fraction of sp³-hybridized carbons (Fsp3) is 0.385. The normalized spacial score (nSPS) is 13.3. The van der Waals surface area contributed by atoms with E-state index in [1.54, 1.807) is 0 Å². The Morgan fingerprint density at radius 1 is 1.33 bits per heavy atom. The minimum absolute atomic E-state index is 0.719. The van der Waals surface area contributed by atoms with Crippen LogP contribution in [0.3, 0.4) is 0 Å². The second-order valence-electron chi connectivity index (χ2n) is 4.18. The van der Waals surface area contributed by atoms with Crippen molar-refractivity contribution in [3.8, 4) is 0 Å². The third kappa shape index (κ3) is 2.18. The predicted octanol–water partition coefficient (Wildman–Crippen LogP) is 4.34. The first-order valence-electron chi connectivity index (χ1n) is 5.45. The molecule has 1 nitrogen and oxygen atoms in total. The maximum absolute atomic E-state index is 5.95. The Morgan fingerprint density at radius 2 is 2.13 bits per heavy atom. The van der Waals surface area contributed by atoms with Crippen molar-refractivity contribution in [3.63, 3.8) is 0 Å². The Hall–Kier alpha value is -0.950. The lowest BCUT2D eigenvalue weighted by atomic mass is 10.1. The fourth-order valence-electron chi connectivity index (χ4n) is 1.80. The molecule has 0 saturated heterocycles. The van der Waals surface area contributed by atoms with E-state index < -0.39 is 0 Å². The highest BCUT2D eigenvalue weighted by molar-refractivity contribution is 6.31. The van der Waals surface area contributed by atoms with E-state index in [1.807, 2.05) is 12.1 Å². The second kappa shape index (κ2) is 4.28. The monoisotopic (exact) mass is 221 g/mol. The molecule has 2 rings (SSSR count). The minimum Gasteiger partial charge on any atom is -0.347 e. The molecule has 0 fully saturated rings. The van der Waals surface area contributed by atoms with Gasteiger partial charge in [-0.25, -0.2) is 0 Å². The van der Waals surface area contributed by atoms with E-state index in [4.69, 9.17) is 11.6 Å². The van der Waals surface area contributed by atoms with E-state index in [2.05, 4.69) is 36.7 Å². The van der Waals surface area contributed by atoms with Crippen molar-refractivity contribution in [2.24, 2.45) is 5.92 Å². The molecule has 1 unspecified atom stereocenters. The van der Waals surface area contributed by atoms with E-state index in [-0.39, 0.29) is 0 Å². The molecule has 0 bridgehead atoms. The third-order valence-corrected chi connectivity index (χ3v) is 3.17. The quantitative estimate of drug-likeness (QED) is 0.727. The molecule has 1 aromatic carbocycles. The lowest BCUT2D eigenvalue weighted by Gasteiger charge is -2.10. The number of fused-ring (bicyclic) bond motifs is 1. The minimum atomic E-state index is 0.719. The molecule has 0 N–H and O–H groups in total. The molecule has 1 aromatic heterocycles. The summed E-state index contributed by atoms with van der Waals surface area (Å²) in [6, 6.07) is 8.20. The highest BCUT2D eigenvalue weighted by Gasteiger charge is 2.04. The molecule has 0 radical (unpaired) electrons. The smallest absolute Gasteiger partial charge is 0.0481 e. The molecule has 0 aliphatic rings. The van der Waals surface area contributed by atoms with Gasteiger partial charge in [0.1, 0.15) is 0 Å². The predicted molar refractivity (Wildman–Crippen MR) is 66.4 cm³/mol. The first kappa shape index (κ1) is 10.6. The van der Waals surface area contributed by atoms with Gasteiger partial charge in [0.25, 0.3) is 0 Å². The van der Waals surface area contributed by atoms with Gasteiger partial charge in [-0.05, 0) is 30.2 Å². The van der Waals surface area contributed by atoms with Crippen LogP contribution in [-0.2, 0) is 6.54 Å². The van der Waals surface area contributed by atoms with Crippen molar-refractivity contribution >= 4 is 22.5 Å². The van der Waals surface area contributed by atoms with Crippen LogP contribution < -0.4 is 0 Å². The largest absolute Gasteiger partial charge is 0.347 e. The van der Waals surface area contributed by atoms with Crippen LogP contribution in [0, 0.1) is 5.92 Å². The zero-order valence-electron chi connectivity index (χ0n) is 9.20. The standard InChI is InChI=1S/C13H16ClN/c1-3-10(2)9-15-7-6-11-8-12(14)4-5-13(11)15/h4-8,10H,3,9H2,1-2H3. The lowest BCUT2D eigenvalue weighted by molar-refractivity contribution is 0.477. The van der Waals surface area contributed by atoms with Gasteiger partial charge < -0.3 is 4.57 Å². The fourth-order valence-corrected chi connectivity index (χ4v) is 1.98. The lowest BCUT2D eigenvalue weighted by Crippen LogP contribution is -2.04. The van der Waals surface area contributed by atoms with E-state index in [0.29, 0.717) is 0 Å². The number of nitrogens with zero attached hydrogens (tertiary/aromatic N) is 1.